The van der Waals surface area contributed by atoms with Gasteiger partial charge in [0.25, 0.3) is 5.56 Å². The molecule has 4 rings (SSSR count). The van der Waals surface area contributed by atoms with E-state index >= 15 is 0 Å². The molecule has 0 bridgehead atoms. The normalized spacial score (nSPS) is 16.1. The number of carbonyl (C=O) groups excluding carboxylic acids is 1. The minimum absolute atomic E-state index is 0.105. The molecule has 0 spiro atoms. The Morgan fingerprint density at radius 3 is 2.42 bits per heavy atom. The number of rotatable bonds is 7. The van der Waals surface area contributed by atoms with E-state index < -0.39 is 8.07 Å². The molecule has 36 heavy (non-hydrogen) atoms. The van der Waals surface area contributed by atoms with E-state index in [2.05, 4.69) is 68.3 Å². The first kappa shape index (κ1) is 26.0. The van der Waals surface area contributed by atoms with Crippen LogP contribution >= 0.6 is 0 Å². The highest BCUT2D eigenvalue weighted by molar-refractivity contribution is 6.90. The van der Waals surface area contributed by atoms with Gasteiger partial charge >= 0.3 is 0 Å². The Morgan fingerprint density at radius 2 is 1.78 bits per heavy atom. The van der Waals surface area contributed by atoms with Gasteiger partial charge in [-0.25, -0.2) is 4.98 Å². The maximum Gasteiger partial charge on any atom is 0.255 e. The van der Waals surface area contributed by atoms with Crippen LogP contribution in [-0.2, 0) is 4.79 Å². The molecule has 1 aromatic carbocycles. The van der Waals surface area contributed by atoms with Crippen LogP contribution in [0.1, 0.15) is 66.4 Å². The standard InChI is InChI=1S/C29H37N3O3Si/c1-18(2)36(19(3)4,20(5)6)14-11-22-17-31-28(34)26-15-21-9-12-30-29(25(21)16-24(22)26)35-13-10-23-7-8-27(33)32-23/h9,12,15-20,23H,7-8,10,13H2,1-6H3,(H,31,34)(H,32,33)/t23-/m0/s1. The molecule has 1 amide bonds. The Balaban J connectivity index is 1.76. The first-order valence-corrected chi connectivity index (χ1v) is 15.3. The van der Waals surface area contributed by atoms with E-state index in [-0.39, 0.29) is 17.5 Å². The molecule has 1 fully saturated rings. The Hall–Kier alpha value is -3.11. The number of ether oxygens (including phenoxy) is 1. The number of aromatic amines is 1. The zero-order valence-electron chi connectivity index (χ0n) is 22.2. The number of nitrogens with one attached hydrogen (secondary N) is 2. The maximum atomic E-state index is 12.8. The van der Waals surface area contributed by atoms with Crippen molar-refractivity contribution in [2.24, 2.45) is 0 Å². The molecule has 0 saturated carbocycles. The van der Waals surface area contributed by atoms with Crippen LogP contribution in [0.25, 0.3) is 21.5 Å². The monoisotopic (exact) mass is 503 g/mol. The van der Waals surface area contributed by atoms with E-state index in [1.54, 1.807) is 12.4 Å². The summed E-state index contributed by atoms with van der Waals surface area (Å²) in [7, 11) is -1.93. The number of aromatic nitrogens is 2. The van der Waals surface area contributed by atoms with Crippen molar-refractivity contribution in [2.75, 3.05) is 6.61 Å². The third-order valence-electron chi connectivity index (χ3n) is 7.82. The van der Waals surface area contributed by atoms with Crippen LogP contribution < -0.4 is 15.6 Å². The average Bonchev–Trinajstić information content (AvgIpc) is 3.24. The van der Waals surface area contributed by atoms with Gasteiger partial charge in [-0.3, -0.25) is 9.59 Å². The zero-order valence-corrected chi connectivity index (χ0v) is 23.2. The lowest BCUT2D eigenvalue weighted by molar-refractivity contribution is -0.119. The molecule has 1 atom stereocenters. The van der Waals surface area contributed by atoms with Crippen molar-refractivity contribution in [3.63, 3.8) is 0 Å². The summed E-state index contributed by atoms with van der Waals surface area (Å²) in [5.74, 6) is 4.15. The molecule has 2 N–H and O–H groups in total. The Bertz CT molecular complexity index is 1380. The van der Waals surface area contributed by atoms with Gasteiger partial charge in [0.1, 0.15) is 8.07 Å². The van der Waals surface area contributed by atoms with E-state index in [0.29, 0.717) is 40.9 Å². The SMILES string of the molecule is CC(C)[Si](C#Cc1c[nH]c(=O)c2cc3ccnc(OCC[C@@H]4CCC(=O)N4)c3cc12)(C(C)C)C(C)C. The topological polar surface area (TPSA) is 84.1 Å². The molecule has 3 heterocycles. The van der Waals surface area contributed by atoms with Crippen LogP contribution in [0.4, 0.5) is 0 Å². The minimum atomic E-state index is -1.93. The lowest BCUT2D eigenvalue weighted by atomic mass is 10.0. The molecular weight excluding hydrogens is 466 g/mol. The molecule has 1 aliphatic rings. The van der Waals surface area contributed by atoms with Crippen molar-refractivity contribution >= 4 is 35.5 Å². The summed E-state index contributed by atoms with van der Waals surface area (Å²) in [6, 6.07) is 5.94. The number of nitrogens with zero attached hydrogens (tertiary/aromatic N) is 1. The van der Waals surface area contributed by atoms with Gasteiger partial charge in [0.15, 0.2) is 0 Å². The van der Waals surface area contributed by atoms with Crippen LogP contribution in [0.15, 0.2) is 35.4 Å². The number of carbonyl (C=O) groups is 1. The quantitative estimate of drug-likeness (QED) is 0.246. The molecule has 6 nitrogen and oxygen atoms in total. The van der Waals surface area contributed by atoms with Crippen LogP contribution in [-0.4, -0.2) is 36.6 Å². The lowest BCUT2D eigenvalue weighted by Crippen LogP contribution is -2.43. The predicted molar refractivity (Wildman–Crippen MR) is 149 cm³/mol. The van der Waals surface area contributed by atoms with Gasteiger partial charge in [-0.05, 0) is 46.6 Å². The molecule has 0 aliphatic carbocycles. The van der Waals surface area contributed by atoms with Crippen molar-refractivity contribution in [1.82, 2.24) is 15.3 Å². The summed E-state index contributed by atoms with van der Waals surface area (Å²) in [5.41, 5.74) is 6.04. The van der Waals surface area contributed by atoms with Gasteiger partial charge in [-0.1, -0.05) is 47.5 Å². The number of pyridine rings is 2. The summed E-state index contributed by atoms with van der Waals surface area (Å²) in [6.07, 6.45) is 5.60. The van der Waals surface area contributed by atoms with Gasteiger partial charge in [0.2, 0.25) is 11.8 Å². The van der Waals surface area contributed by atoms with E-state index in [1.165, 1.54) is 0 Å². The van der Waals surface area contributed by atoms with Gasteiger partial charge in [-0.15, -0.1) is 5.54 Å². The number of amides is 1. The fourth-order valence-electron chi connectivity index (χ4n) is 5.92. The van der Waals surface area contributed by atoms with Crippen LogP contribution in [0.3, 0.4) is 0 Å². The lowest BCUT2D eigenvalue weighted by Gasteiger charge is -2.38. The molecule has 7 heteroatoms. The number of H-pyrrole nitrogens is 1. The number of benzene rings is 1. The first-order valence-electron chi connectivity index (χ1n) is 13.0. The van der Waals surface area contributed by atoms with Gasteiger partial charge in [0.05, 0.1) is 6.61 Å². The number of fused-ring (bicyclic) bond motifs is 2. The van der Waals surface area contributed by atoms with Crippen molar-refractivity contribution in [2.45, 2.75) is 83.5 Å². The highest BCUT2D eigenvalue weighted by Crippen LogP contribution is 2.41. The fraction of sp³-hybridized carbons (Fsp3) is 0.483. The predicted octanol–water partition coefficient (Wildman–Crippen LogP) is 5.69. The molecule has 190 valence electrons. The Kier molecular flexibility index (Phi) is 7.56. The van der Waals surface area contributed by atoms with E-state index in [9.17, 15) is 9.59 Å². The van der Waals surface area contributed by atoms with Crippen molar-refractivity contribution in [3.05, 3.63) is 46.5 Å². The van der Waals surface area contributed by atoms with E-state index in [0.717, 1.165) is 34.6 Å². The highest BCUT2D eigenvalue weighted by atomic mass is 28.3. The van der Waals surface area contributed by atoms with Crippen LogP contribution in [0.2, 0.25) is 16.6 Å². The molecule has 0 unspecified atom stereocenters. The average molecular weight is 504 g/mol. The maximum absolute atomic E-state index is 12.8. The zero-order chi connectivity index (χ0) is 26.0. The van der Waals surface area contributed by atoms with Crippen molar-refractivity contribution < 1.29 is 9.53 Å². The molecule has 3 aromatic rings. The second-order valence-corrected chi connectivity index (χ2v) is 16.4. The molecule has 1 aliphatic heterocycles. The third kappa shape index (κ3) is 4.92. The smallest absolute Gasteiger partial charge is 0.255 e. The summed E-state index contributed by atoms with van der Waals surface area (Å²) in [5, 5.41) is 6.16. The van der Waals surface area contributed by atoms with Crippen LogP contribution in [0, 0.1) is 11.5 Å². The Morgan fingerprint density at radius 1 is 1.06 bits per heavy atom. The van der Waals surface area contributed by atoms with E-state index in [4.69, 9.17) is 4.74 Å². The van der Waals surface area contributed by atoms with Crippen molar-refractivity contribution in [3.8, 4) is 17.3 Å². The van der Waals surface area contributed by atoms with Gasteiger partial charge in [-0.2, -0.15) is 0 Å². The largest absolute Gasteiger partial charge is 0.477 e. The Labute approximate surface area is 214 Å². The molecule has 0 radical (unpaired) electrons. The first-order chi connectivity index (χ1) is 17.1. The van der Waals surface area contributed by atoms with Crippen LogP contribution in [0.5, 0.6) is 5.88 Å². The highest BCUT2D eigenvalue weighted by Gasteiger charge is 2.41. The second kappa shape index (κ2) is 10.5. The molecule has 1 saturated heterocycles. The van der Waals surface area contributed by atoms with Crippen molar-refractivity contribution in [1.29, 1.82) is 0 Å². The van der Waals surface area contributed by atoms with E-state index in [1.807, 2.05) is 18.2 Å². The summed E-state index contributed by atoms with van der Waals surface area (Å²) in [4.78, 5) is 31.6. The second-order valence-electron chi connectivity index (χ2n) is 10.9. The summed E-state index contributed by atoms with van der Waals surface area (Å²) in [6.45, 7) is 14.2. The summed E-state index contributed by atoms with van der Waals surface area (Å²) < 4.78 is 6.07. The number of hydrogen-bond donors (Lipinski definition) is 2. The minimum Gasteiger partial charge on any atom is -0.477 e. The summed E-state index contributed by atoms with van der Waals surface area (Å²) >= 11 is 0. The third-order valence-corrected chi connectivity index (χ3v) is 14.1. The molecule has 2 aromatic heterocycles. The molecular formula is C29H37N3O3Si. The van der Waals surface area contributed by atoms with Gasteiger partial charge < -0.3 is 15.0 Å². The van der Waals surface area contributed by atoms with Gasteiger partial charge in [0, 0.05) is 53.0 Å². The fourth-order valence-corrected chi connectivity index (χ4v) is 11.1. The number of hydrogen-bond acceptors (Lipinski definition) is 4.